The van der Waals surface area contributed by atoms with E-state index >= 15 is 0 Å². The predicted molar refractivity (Wildman–Crippen MR) is 59.4 cm³/mol. The summed E-state index contributed by atoms with van der Waals surface area (Å²) in [6.45, 7) is 6.45. The van der Waals surface area contributed by atoms with Crippen LogP contribution in [0.2, 0.25) is 0 Å². The van der Waals surface area contributed by atoms with Crippen molar-refractivity contribution in [2.75, 3.05) is 26.2 Å². The summed E-state index contributed by atoms with van der Waals surface area (Å²) in [7, 11) is 0. The zero-order chi connectivity index (χ0) is 11.3. The van der Waals surface area contributed by atoms with Gasteiger partial charge in [-0.15, -0.1) is 0 Å². The van der Waals surface area contributed by atoms with Crippen LogP contribution in [-0.2, 0) is 9.53 Å². The van der Waals surface area contributed by atoms with E-state index in [4.69, 9.17) is 10.5 Å². The van der Waals surface area contributed by atoms with E-state index < -0.39 is 0 Å². The molecule has 1 saturated carbocycles. The minimum Gasteiger partial charge on any atom is -0.368 e. The van der Waals surface area contributed by atoms with E-state index in [0.29, 0.717) is 5.92 Å². The van der Waals surface area contributed by atoms with Crippen molar-refractivity contribution in [3.63, 3.8) is 0 Å². The van der Waals surface area contributed by atoms with E-state index in [1.807, 2.05) is 13.8 Å². The summed E-state index contributed by atoms with van der Waals surface area (Å²) < 4.78 is 5.51. The Hall–Kier alpha value is -0.610. The van der Waals surface area contributed by atoms with Crippen molar-refractivity contribution in [1.82, 2.24) is 4.90 Å². The molecule has 0 atom stereocenters. The van der Waals surface area contributed by atoms with E-state index in [1.165, 1.54) is 0 Å². The molecule has 1 fully saturated rings. The molecule has 0 unspecified atom stereocenters. The number of likely N-dealkylation sites (N-methyl/N-ethyl adjacent to an activating group) is 1. The highest BCUT2D eigenvalue weighted by Gasteiger charge is 2.29. The molecule has 0 aromatic rings. The Bertz CT molecular complexity index is 199. The third-order valence-electron chi connectivity index (χ3n) is 3.08. The van der Waals surface area contributed by atoms with Crippen molar-refractivity contribution in [2.45, 2.75) is 32.8 Å². The number of amides is 1. The number of ether oxygens (including phenoxy) is 1. The van der Waals surface area contributed by atoms with E-state index in [2.05, 4.69) is 0 Å². The van der Waals surface area contributed by atoms with Crippen LogP contribution in [0.1, 0.15) is 26.7 Å². The maximum atomic E-state index is 11.6. The Labute approximate surface area is 91.8 Å². The van der Waals surface area contributed by atoms with Gasteiger partial charge in [0.2, 0.25) is 5.91 Å². The number of carbonyl (C=O) groups is 1. The smallest absolute Gasteiger partial charge is 0.248 e. The first-order chi connectivity index (χ1) is 7.21. The molecule has 0 aromatic heterocycles. The van der Waals surface area contributed by atoms with Gasteiger partial charge in [-0.05, 0) is 39.2 Å². The Morgan fingerprint density at radius 1 is 1.40 bits per heavy atom. The number of nitrogens with zero attached hydrogens (tertiary/aromatic N) is 1. The van der Waals surface area contributed by atoms with Crippen LogP contribution in [0.5, 0.6) is 0 Å². The van der Waals surface area contributed by atoms with Crippen LogP contribution in [0, 0.1) is 5.92 Å². The van der Waals surface area contributed by atoms with Crippen LogP contribution in [-0.4, -0.2) is 43.2 Å². The zero-order valence-electron chi connectivity index (χ0n) is 9.74. The molecule has 15 heavy (non-hydrogen) atoms. The van der Waals surface area contributed by atoms with Gasteiger partial charge in [-0.2, -0.15) is 0 Å². The van der Waals surface area contributed by atoms with Gasteiger partial charge < -0.3 is 15.4 Å². The molecule has 1 aliphatic carbocycles. The summed E-state index contributed by atoms with van der Waals surface area (Å²) in [4.78, 5) is 13.4. The van der Waals surface area contributed by atoms with E-state index in [0.717, 1.165) is 32.5 Å². The van der Waals surface area contributed by atoms with Crippen molar-refractivity contribution >= 4 is 5.91 Å². The fourth-order valence-corrected chi connectivity index (χ4v) is 1.86. The molecule has 1 aliphatic rings. The minimum atomic E-state index is 0.0937. The highest BCUT2D eigenvalue weighted by atomic mass is 16.5. The fraction of sp³-hybridized carbons (Fsp3) is 0.909. The standard InChI is InChI=1S/C11H22N2O2/c1-3-13(4-2)11(14)8-15-10-5-9(6-10)7-12/h9-10H,3-8,12H2,1-2H3. The monoisotopic (exact) mass is 214 g/mol. The van der Waals surface area contributed by atoms with Crippen molar-refractivity contribution in [3.8, 4) is 0 Å². The number of carbonyl (C=O) groups excluding carboxylic acids is 1. The zero-order valence-corrected chi connectivity index (χ0v) is 9.74. The van der Waals surface area contributed by atoms with Gasteiger partial charge in [0.15, 0.2) is 0 Å². The molecule has 2 N–H and O–H groups in total. The first kappa shape index (κ1) is 12.5. The lowest BCUT2D eigenvalue weighted by Gasteiger charge is -2.34. The van der Waals surface area contributed by atoms with E-state index in [1.54, 1.807) is 4.90 Å². The molecule has 0 saturated heterocycles. The topological polar surface area (TPSA) is 55.6 Å². The van der Waals surface area contributed by atoms with Crippen LogP contribution in [0.25, 0.3) is 0 Å². The molecule has 0 aromatic carbocycles. The Balaban J connectivity index is 2.12. The van der Waals surface area contributed by atoms with Crippen LogP contribution in [0.4, 0.5) is 0 Å². The lowest BCUT2D eigenvalue weighted by Crippen LogP contribution is -2.40. The van der Waals surface area contributed by atoms with Gasteiger partial charge in [-0.1, -0.05) is 0 Å². The lowest BCUT2D eigenvalue weighted by molar-refractivity contribution is -0.140. The summed E-state index contributed by atoms with van der Waals surface area (Å²) in [6.07, 6.45) is 2.29. The van der Waals surface area contributed by atoms with Crippen molar-refractivity contribution < 1.29 is 9.53 Å². The molecular formula is C11H22N2O2. The number of rotatable bonds is 6. The minimum absolute atomic E-state index is 0.0937. The molecule has 0 heterocycles. The fourth-order valence-electron chi connectivity index (χ4n) is 1.86. The number of hydrogen-bond donors (Lipinski definition) is 1. The van der Waals surface area contributed by atoms with Gasteiger partial charge in [0.25, 0.3) is 0 Å². The second-order valence-electron chi connectivity index (χ2n) is 4.07. The second kappa shape index (κ2) is 6.08. The van der Waals surface area contributed by atoms with Gasteiger partial charge in [0, 0.05) is 13.1 Å². The summed E-state index contributed by atoms with van der Waals surface area (Å²) in [6, 6.07) is 0. The summed E-state index contributed by atoms with van der Waals surface area (Å²) in [5.74, 6) is 0.703. The molecule has 1 rings (SSSR count). The largest absolute Gasteiger partial charge is 0.368 e. The third-order valence-corrected chi connectivity index (χ3v) is 3.08. The molecule has 88 valence electrons. The van der Waals surface area contributed by atoms with Gasteiger partial charge in [-0.3, -0.25) is 4.79 Å². The second-order valence-corrected chi connectivity index (χ2v) is 4.07. The molecule has 4 heteroatoms. The maximum absolute atomic E-state index is 11.6. The quantitative estimate of drug-likeness (QED) is 0.704. The normalized spacial score (nSPS) is 24.7. The molecule has 0 spiro atoms. The van der Waals surface area contributed by atoms with Crippen LogP contribution in [0.3, 0.4) is 0 Å². The highest BCUT2D eigenvalue weighted by Crippen LogP contribution is 2.28. The Kier molecular flexibility index (Phi) is 5.05. The maximum Gasteiger partial charge on any atom is 0.248 e. The molecular weight excluding hydrogens is 192 g/mol. The van der Waals surface area contributed by atoms with Crippen molar-refractivity contribution in [2.24, 2.45) is 11.7 Å². The molecule has 4 nitrogen and oxygen atoms in total. The molecule has 0 radical (unpaired) electrons. The van der Waals surface area contributed by atoms with Crippen LogP contribution >= 0.6 is 0 Å². The first-order valence-electron chi connectivity index (χ1n) is 5.80. The van der Waals surface area contributed by atoms with Crippen LogP contribution in [0.15, 0.2) is 0 Å². The summed E-state index contributed by atoms with van der Waals surface area (Å²) in [5, 5.41) is 0. The van der Waals surface area contributed by atoms with E-state index in [-0.39, 0.29) is 18.6 Å². The van der Waals surface area contributed by atoms with Gasteiger partial charge >= 0.3 is 0 Å². The van der Waals surface area contributed by atoms with Gasteiger partial charge in [0.05, 0.1) is 6.10 Å². The van der Waals surface area contributed by atoms with Crippen LogP contribution < -0.4 is 5.73 Å². The van der Waals surface area contributed by atoms with Gasteiger partial charge in [-0.25, -0.2) is 0 Å². The average molecular weight is 214 g/mol. The predicted octanol–water partition coefficient (Wildman–Crippen LogP) is 0.609. The van der Waals surface area contributed by atoms with E-state index in [9.17, 15) is 4.79 Å². The highest BCUT2D eigenvalue weighted by molar-refractivity contribution is 5.77. The summed E-state index contributed by atoms with van der Waals surface area (Å²) in [5.41, 5.74) is 5.51. The Morgan fingerprint density at radius 2 is 2.00 bits per heavy atom. The number of hydrogen-bond acceptors (Lipinski definition) is 3. The first-order valence-corrected chi connectivity index (χ1v) is 5.80. The average Bonchev–Trinajstić information content (AvgIpc) is 2.17. The summed E-state index contributed by atoms with van der Waals surface area (Å²) >= 11 is 0. The Morgan fingerprint density at radius 3 is 2.47 bits per heavy atom. The molecule has 1 amide bonds. The van der Waals surface area contributed by atoms with Crippen molar-refractivity contribution in [3.05, 3.63) is 0 Å². The van der Waals surface area contributed by atoms with Gasteiger partial charge in [0.1, 0.15) is 6.61 Å². The van der Waals surface area contributed by atoms with Crippen molar-refractivity contribution in [1.29, 1.82) is 0 Å². The molecule has 0 bridgehead atoms. The lowest BCUT2D eigenvalue weighted by atomic mass is 9.82. The SMILES string of the molecule is CCN(CC)C(=O)COC1CC(CN)C1. The number of nitrogens with two attached hydrogens (primary N) is 1. The third kappa shape index (κ3) is 3.47. The molecule has 0 aliphatic heterocycles.